The Balaban J connectivity index is 2.63. The van der Waals surface area contributed by atoms with E-state index in [0.717, 1.165) is 0 Å². The molecule has 0 saturated carbocycles. The summed E-state index contributed by atoms with van der Waals surface area (Å²) in [6, 6.07) is 3.91. The van der Waals surface area contributed by atoms with Crippen LogP contribution in [0.2, 0.25) is 0 Å². The molecule has 0 saturated heterocycles. The van der Waals surface area contributed by atoms with Crippen molar-refractivity contribution in [2.45, 2.75) is 5.51 Å². The van der Waals surface area contributed by atoms with E-state index in [1.165, 1.54) is 18.2 Å². The number of aromatic amines is 1. The van der Waals surface area contributed by atoms with Crippen molar-refractivity contribution < 1.29 is 25.8 Å². The summed E-state index contributed by atoms with van der Waals surface area (Å²) in [7, 11) is -5.86. The van der Waals surface area contributed by atoms with Crippen LogP contribution < -0.4 is 9.74 Å². The zero-order valence-electron chi connectivity index (χ0n) is 9.23. The molecule has 0 atom stereocenters. The quantitative estimate of drug-likeness (QED) is 0.642. The first kappa shape index (κ1) is 14.8. The van der Waals surface area contributed by atoms with E-state index in [-0.39, 0.29) is 10.8 Å². The van der Waals surface area contributed by atoms with Crippen LogP contribution in [0.4, 0.5) is 13.2 Å². The fourth-order valence-electron chi connectivity index (χ4n) is 1.33. The molecular weight excluding hydrogens is 369 g/mol. The number of H-pyrrole nitrogens is 1. The molecular formula is C9H4BrF3N2O4S. The molecule has 0 bridgehead atoms. The summed E-state index contributed by atoms with van der Waals surface area (Å²) >= 11 is 3.07. The fourth-order valence-corrected chi connectivity index (χ4v) is 2.12. The average Bonchev–Trinajstić information content (AvgIpc) is 2.31. The number of hydrogen-bond donors (Lipinski definition) is 1. The van der Waals surface area contributed by atoms with Crippen molar-refractivity contribution >= 4 is 36.8 Å². The third-order valence-electron chi connectivity index (χ3n) is 2.19. The van der Waals surface area contributed by atoms with E-state index in [1.807, 2.05) is 5.10 Å². The number of halogens is 4. The number of hydrogen-bond acceptors (Lipinski definition) is 5. The van der Waals surface area contributed by atoms with Gasteiger partial charge in [-0.25, -0.2) is 5.10 Å². The Morgan fingerprint density at radius 2 is 1.90 bits per heavy atom. The fraction of sp³-hybridized carbons (Fsp3) is 0.111. The Kier molecular flexibility index (Phi) is 3.50. The van der Waals surface area contributed by atoms with Crippen molar-refractivity contribution in [1.29, 1.82) is 0 Å². The zero-order chi connectivity index (χ0) is 15.1. The van der Waals surface area contributed by atoms with E-state index in [4.69, 9.17) is 0 Å². The Bertz CT molecular complexity index is 831. The molecule has 0 amide bonds. The molecule has 1 aromatic heterocycles. The molecule has 0 spiro atoms. The topological polar surface area (TPSA) is 89.1 Å². The smallest absolute Gasteiger partial charge is 0.353 e. The highest BCUT2D eigenvalue weighted by atomic mass is 79.9. The molecule has 2 aromatic rings. The maximum absolute atomic E-state index is 12.2. The molecule has 1 aromatic carbocycles. The van der Waals surface area contributed by atoms with Crippen molar-refractivity contribution in [3.8, 4) is 5.88 Å². The molecule has 0 fully saturated rings. The number of fused-ring (bicyclic) bond motifs is 1. The monoisotopic (exact) mass is 372 g/mol. The number of alkyl halides is 3. The third kappa shape index (κ3) is 2.63. The van der Waals surface area contributed by atoms with Crippen LogP contribution in [0.25, 0.3) is 10.8 Å². The summed E-state index contributed by atoms with van der Waals surface area (Å²) < 4.78 is 63.0. The number of benzene rings is 1. The molecule has 20 heavy (non-hydrogen) atoms. The van der Waals surface area contributed by atoms with Crippen molar-refractivity contribution in [3.63, 3.8) is 0 Å². The second kappa shape index (κ2) is 4.74. The molecule has 11 heteroatoms. The van der Waals surface area contributed by atoms with Gasteiger partial charge in [-0.1, -0.05) is 15.9 Å². The van der Waals surface area contributed by atoms with Crippen LogP contribution in [0.5, 0.6) is 5.88 Å². The summed E-state index contributed by atoms with van der Waals surface area (Å²) in [6.07, 6.45) is 0. The van der Waals surface area contributed by atoms with E-state index in [2.05, 4.69) is 25.2 Å². The van der Waals surface area contributed by atoms with Gasteiger partial charge in [-0.15, -0.1) is 5.10 Å². The predicted octanol–water partition coefficient (Wildman–Crippen LogP) is 1.91. The first-order chi connectivity index (χ1) is 9.12. The SMILES string of the molecule is O=c1[nH]nc(OS(=O)(=O)C(F)(F)F)c2ccc(Br)cc12. The first-order valence-electron chi connectivity index (χ1n) is 4.80. The summed E-state index contributed by atoms with van der Waals surface area (Å²) in [5, 5.41) is 4.81. The second-order valence-corrected chi connectivity index (χ2v) is 5.98. The highest BCUT2D eigenvalue weighted by Crippen LogP contribution is 2.29. The summed E-state index contributed by atoms with van der Waals surface area (Å²) in [4.78, 5) is 11.5. The zero-order valence-corrected chi connectivity index (χ0v) is 11.6. The van der Waals surface area contributed by atoms with Gasteiger partial charge in [0.25, 0.3) is 11.4 Å². The lowest BCUT2D eigenvalue weighted by molar-refractivity contribution is -0.0501. The standard InChI is InChI=1S/C9H4BrF3N2O4S/c10-4-1-2-5-6(3-4)7(16)14-15-8(5)19-20(17,18)9(11,12)13/h1-3H,(H,14,16). The van der Waals surface area contributed by atoms with E-state index >= 15 is 0 Å². The van der Waals surface area contributed by atoms with Gasteiger partial charge < -0.3 is 4.18 Å². The second-order valence-electron chi connectivity index (χ2n) is 3.53. The summed E-state index contributed by atoms with van der Waals surface area (Å²) in [5.74, 6) is -0.857. The van der Waals surface area contributed by atoms with Crippen LogP contribution in [0.15, 0.2) is 27.5 Å². The molecule has 0 unspecified atom stereocenters. The molecule has 108 valence electrons. The van der Waals surface area contributed by atoms with Gasteiger partial charge in [-0.05, 0) is 18.2 Å². The Hall–Kier alpha value is -1.62. The molecule has 0 aliphatic carbocycles. The number of aromatic nitrogens is 2. The largest absolute Gasteiger partial charge is 0.534 e. The van der Waals surface area contributed by atoms with Crippen LogP contribution in [0, 0.1) is 0 Å². The van der Waals surface area contributed by atoms with Crippen LogP contribution in [-0.4, -0.2) is 24.1 Å². The van der Waals surface area contributed by atoms with Gasteiger partial charge >= 0.3 is 15.6 Å². The highest BCUT2D eigenvalue weighted by molar-refractivity contribution is 9.10. The predicted molar refractivity (Wildman–Crippen MR) is 65.7 cm³/mol. The van der Waals surface area contributed by atoms with Crippen molar-refractivity contribution in [1.82, 2.24) is 10.2 Å². The number of rotatable bonds is 2. The van der Waals surface area contributed by atoms with E-state index in [0.29, 0.717) is 4.47 Å². The van der Waals surface area contributed by atoms with Gasteiger partial charge in [0.05, 0.1) is 10.8 Å². The third-order valence-corrected chi connectivity index (χ3v) is 3.63. The Morgan fingerprint density at radius 1 is 1.25 bits per heavy atom. The average molecular weight is 373 g/mol. The van der Waals surface area contributed by atoms with Crippen molar-refractivity contribution in [3.05, 3.63) is 33.0 Å². The maximum Gasteiger partial charge on any atom is 0.534 e. The minimum Gasteiger partial charge on any atom is -0.353 e. The minimum absolute atomic E-state index is 0.0678. The molecule has 0 radical (unpaired) electrons. The normalized spacial score (nSPS) is 12.6. The van der Waals surface area contributed by atoms with Crippen LogP contribution in [0.3, 0.4) is 0 Å². The lowest BCUT2D eigenvalue weighted by Crippen LogP contribution is -2.29. The van der Waals surface area contributed by atoms with E-state index < -0.39 is 27.1 Å². The Morgan fingerprint density at radius 3 is 2.50 bits per heavy atom. The van der Waals surface area contributed by atoms with Crippen LogP contribution >= 0.6 is 15.9 Å². The Labute approximate surface area is 117 Å². The molecule has 2 rings (SSSR count). The van der Waals surface area contributed by atoms with E-state index in [9.17, 15) is 26.4 Å². The number of nitrogens with one attached hydrogen (secondary N) is 1. The lowest BCUT2D eigenvalue weighted by atomic mass is 10.2. The van der Waals surface area contributed by atoms with Gasteiger partial charge in [0.2, 0.25) is 0 Å². The number of nitrogens with zero attached hydrogens (tertiary/aromatic N) is 1. The molecule has 0 aliphatic rings. The molecule has 1 N–H and O–H groups in total. The van der Waals surface area contributed by atoms with Gasteiger partial charge in [-0.2, -0.15) is 21.6 Å². The van der Waals surface area contributed by atoms with Gasteiger partial charge in [0.1, 0.15) is 0 Å². The van der Waals surface area contributed by atoms with Crippen molar-refractivity contribution in [2.75, 3.05) is 0 Å². The van der Waals surface area contributed by atoms with Gasteiger partial charge in [-0.3, -0.25) is 4.79 Å². The van der Waals surface area contributed by atoms with Gasteiger partial charge in [0.15, 0.2) is 0 Å². The molecule has 6 nitrogen and oxygen atoms in total. The first-order valence-corrected chi connectivity index (χ1v) is 7.00. The lowest BCUT2D eigenvalue weighted by Gasteiger charge is -2.09. The highest BCUT2D eigenvalue weighted by Gasteiger charge is 2.49. The van der Waals surface area contributed by atoms with E-state index in [1.54, 1.807) is 0 Å². The molecule has 0 aliphatic heterocycles. The van der Waals surface area contributed by atoms with Crippen LogP contribution in [0.1, 0.15) is 0 Å². The minimum atomic E-state index is -5.86. The summed E-state index contributed by atoms with van der Waals surface area (Å²) in [6.45, 7) is 0. The van der Waals surface area contributed by atoms with Crippen LogP contribution in [-0.2, 0) is 10.1 Å². The van der Waals surface area contributed by atoms with Gasteiger partial charge in [0, 0.05) is 4.47 Å². The van der Waals surface area contributed by atoms with Crippen molar-refractivity contribution in [2.24, 2.45) is 0 Å². The maximum atomic E-state index is 12.2. The molecule has 1 heterocycles. The summed E-state index contributed by atoms with van der Waals surface area (Å²) in [5.41, 5.74) is -6.29.